The van der Waals surface area contributed by atoms with E-state index in [2.05, 4.69) is 23.8 Å². The second kappa shape index (κ2) is 23.6. The number of nitrogens with zero attached hydrogens (tertiary/aromatic N) is 2. The van der Waals surface area contributed by atoms with Crippen molar-refractivity contribution in [2.45, 2.75) is 31.8 Å². The van der Waals surface area contributed by atoms with Crippen molar-refractivity contribution in [1.29, 1.82) is 0 Å². The maximum absolute atomic E-state index is 11.9. The standard InChI is InChI=1S/C19H27NO7S.C18H27NO5S/c1-19(18(22)24-3)13-28-17(20-19)15-5-4-14(12-16(15)21)27-11-10-26-9-8-25-7-6-23-2;1-18(2)13-25-17(19-18)15-5-4-14(12-16(15)20)24-11-10-23-9-8-22-7-6-21-3/h4-5,12,21H,6-11,13H2,1-3H3;4-5,12,20H,6-11,13H2,1-3H3/t19-;/m1./s1. The number of hydrogen-bond acceptors (Lipinski definition) is 16. The molecule has 2 aliphatic rings. The summed E-state index contributed by atoms with van der Waals surface area (Å²) in [6, 6.07) is 10.3. The van der Waals surface area contributed by atoms with Gasteiger partial charge in [-0.1, -0.05) is 0 Å². The van der Waals surface area contributed by atoms with Crippen LogP contribution >= 0.6 is 23.5 Å². The zero-order chi connectivity index (χ0) is 38.5. The third-order valence-corrected chi connectivity index (χ3v) is 10.2. The van der Waals surface area contributed by atoms with E-state index in [-0.39, 0.29) is 17.0 Å². The minimum atomic E-state index is -0.930. The predicted octanol–water partition coefficient (Wildman–Crippen LogP) is 4.60. The fraction of sp³-hybridized carbons (Fsp3) is 0.595. The molecule has 4 rings (SSSR count). The van der Waals surface area contributed by atoms with Gasteiger partial charge in [-0.25, -0.2) is 4.79 Å². The molecule has 16 heteroatoms. The van der Waals surface area contributed by atoms with Gasteiger partial charge in [-0.2, -0.15) is 0 Å². The Morgan fingerprint density at radius 2 is 1.04 bits per heavy atom. The Morgan fingerprint density at radius 3 is 1.43 bits per heavy atom. The lowest BCUT2D eigenvalue weighted by atomic mass is 10.1. The molecular formula is C37H54N2O12S2. The first-order chi connectivity index (χ1) is 25.5. The smallest absolute Gasteiger partial charge is 0.334 e. The number of rotatable bonds is 23. The van der Waals surface area contributed by atoms with Crippen molar-refractivity contribution in [3.8, 4) is 23.0 Å². The number of aromatic hydroxyl groups is 2. The fourth-order valence-corrected chi connectivity index (χ4v) is 7.00. The highest BCUT2D eigenvalue weighted by molar-refractivity contribution is 8.15. The monoisotopic (exact) mass is 782 g/mol. The summed E-state index contributed by atoms with van der Waals surface area (Å²) in [7, 11) is 4.61. The summed E-state index contributed by atoms with van der Waals surface area (Å²) in [5, 5.41) is 22.0. The fourth-order valence-electron chi connectivity index (χ4n) is 4.61. The number of benzene rings is 2. The summed E-state index contributed by atoms with van der Waals surface area (Å²) in [5.41, 5.74) is 0.314. The molecule has 0 fully saturated rings. The number of carbonyl (C=O) groups is 1. The maximum atomic E-state index is 11.9. The summed E-state index contributed by atoms with van der Waals surface area (Å²) in [6.45, 7) is 11.9. The molecule has 0 radical (unpaired) electrons. The van der Waals surface area contributed by atoms with Gasteiger partial charge in [0.15, 0.2) is 5.54 Å². The molecular weight excluding hydrogens is 729 g/mol. The van der Waals surface area contributed by atoms with Gasteiger partial charge in [0.2, 0.25) is 0 Å². The molecule has 0 amide bonds. The first kappa shape index (κ1) is 44.3. The van der Waals surface area contributed by atoms with Crippen LogP contribution in [0.15, 0.2) is 46.4 Å². The molecule has 0 aromatic heterocycles. The van der Waals surface area contributed by atoms with Crippen LogP contribution in [-0.2, 0) is 38.0 Å². The molecule has 2 N–H and O–H groups in total. The van der Waals surface area contributed by atoms with E-state index in [1.54, 1.807) is 51.1 Å². The molecule has 0 bridgehead atoms. The van der Waals surface area contributed by atoms with Gasteiger partial charge in [-0.15, -0.1) is 23.5 Å². The summed E-state index contributed by atoms with van der Waals surface area (Å²) in [5.74, 6) is 2.38. The Bertz CT molecular complexity index is 1480. The molecule has 0 unspecified atom stereocenters. The van der Waals surface area contributed by atoms with E-state index in [1.165, 1.54) is 24.9 Å². The molecule has 296 valence electrons. The van der Waals surface area contributed by atoms with Crippen LogP contribution in [0.1, 0.15) is 31.9 Å². The average molecular weight is 783 g/mol. The Balaban J connectivity index is 0.000000287. The third kappa shape index (κ3) is 15.7. The van der Waals surface area contributed by atoms with E-state index < -0.39 is 11.5 Å². The molecule has 53 heavy (non-hydrogen) atoms. The second-order valence-corrected chi connectivity index (χ2v) is 14.4. The number of carbonyl (C=O) groups excluding carboxylic acids is 1. The van der Waals surface area contributed by atoms with Gasteiger partial charge in [-0.05, 0) is 45.0 Å². The van der Waals surface area contributed by atoms with E-state index in [0.29, 0.717) is 107 Å². The zero-order valence-electron chi connectivity index (χ0n) is 31.6. The highest BCUT2D eigenvalue weighted by Gasteiger charge is 2.40. The number of phenolic OH excluding ortho intramolecular Hbond substituents is 2. The highest BCUT2D eigenvalue weighted by atomic mass is 32.2. The first-order valence-electron chi connectivity index (χ1n) is 17.3. The van der Waals surface area contributed by atoms with E-state index in [9.17, 15) is 15.0 Å². The van der Waals surface area contributed by atoms with Crippen molar-refractivity contribution in [2.24, 2.45) is 9.98 Å². The Kier molecular flexibility index (Phi) is 19.8. The average Bonchev–Trinajstić information content (AvgIpc) is 3.72. The number of aliphatic imine (C=N–C) groups is 2. The van der Waals surface area contributed by atoms with Crippen LogP contribution in [-0.4, -0.2) is 149 Å². The van der Waals surface area contributed by atoms with Gasteiger partial charge in [0.05, 0.1) is 78.7 Å². The van der Waals surface area contributed by atoms with Crippen LogP contribution < -0.4 is 9.47 Å². The van der Waals surface area contributed by atoms with Crippen LogP contribution in [0.5, 0.6) is 23.0 Å². The molecule has 2 aromatic rings. The molecule has 1 atom stereocenters. The largest absolute Gasteiger partial charge is 0.507 e. The lowest BCUT2D eigenvalue weighted by Crippen LogP contribution is -2.34. The topological polar surface area (TPSA) is 165 Å². The molecule has 0 aliphatic carbocycles. The SMILES string of the molecule is COCCOCCOCCOc1ccc(C2=NC(C)(C)CS2)c(O)c1.COCCOCCOCCOc1ccc(C2=N[C@@](C)(C(=O)OC)CS2)c(O)c1. The third-order valence-electron chi connectivity index (χ3n) is 7.43. The molecule has 2 aromatic carbocycles. The Morgan fingerprint density at radius 1 is 0.623 bits per heavy atom. The molecule has 0 spiro atoms. The van der Waals surface area contributed by atoms with Crippen molar-refractivity contribution in [3.05, 3.63) is 47.5 Å². The van der Waals surface area contributed by atoms with Crippen molar-refractivity contribution in [3.63, 3.8) is 0 Å². The molecule has 0 saturated carbocycles. The van der Waals surface area contributed by atoms with Crippen LogP contribution in [0.2, 0.25) is 0 Å². The number of thioether (sulfide) groups is 2. The predicted molar refractivity (Wildman–Crippen MR) is 207 cm³/mol. The van der Waals surface area contributed by atoms with Crippen molar-refractivity contribution >= 4 is 39.6 Å². The van der Waals surface area contributed by atoms with Gasteiger partial charge in [0, 0.05) is 49.0 Å². The van der Waals surface area contributed by atoms with Gasteiger partial charge in [0.1, 0.15) is 46.3 Å². The number of esters is 1. The van der Waals surface area contributed by atoms with Crippen molar-refractivity contribution in [2.75, 3.05) is 112 Å². The Labute approximate surface area is 320 Å². The molecule has 2 heterocycles. The van der Waals surface area contributed by atoms with E-state index in [0.717, 1.165) is 16.4 Å². The molecule has 2 aliphatic heterocycles. The number of methoxy groups -OCH3 is 3. The van der Waals surface area contributed by atoms with Crippen LogP contribution in [0.4, 0.5) is 0 Å². The van der Waals surface area contributed by atoms with E-state index >= 15 is 0 Å². The summed E-state index contributed by atoms with van der Waals surface area (Å²) >= 11 is 3.07. The molecule has 14 nitrogen and oxygen atoms in total. The highest BCUT2D eigenvalue weighted by Crippen LogP contribution is 2.36. The van der Waals surface area contributed by atoms with Gasteiger partial charge in [-0.3, -0.25) is 9.98 Å². The number of ether oxygens (including phenoxy) is 9. The van der Waals surface area contributed by atoms with E-state index in [1.807, 2.05) is 12.1 Å². The summed E-state index contributed by atoms with van der Waals surface area (Å²) < 4.78 is 47.1. The normalized spacial score (nSPS) is 17.5. The van der Waals surface area contributed by atoms with Gasteiger partial charge < -0.3 is 52.8 Å². The van der Waals surface area contributed by atoms with Crippen LogP contribution in [0, 0.1) is 0 Å². The molecule has 0 saturated heterocycles. The van der Waals surface area contributed by atoms with Crippen molar-refractivity contribution < 1.29 is 57.6 Å². The van der Waals surface area contributed by atoms with Gasteiger partial charge >= 0.3 is 5.97 Å². The minimum Gasteiger partial charge on any atom is -0.507 e. The van der Waals surface area contributed by atoms with E-state index in [4.69, 9.17) is 42.6 Å². The van der Waals surface area contributed by atoms with Gasteiger partial charge in [0.25, 0.3) is 0 Å². The van der Waals surface area contributed by atoms with Crippen molar-refractivity contribution in [1.82, 2.24) is 0 Å². The quantitative estimate of drug-likeness (QED) is 0.119. The summed E-state index contributed by atoms with van der Waals surface area (Å²) in [6.07, 6.45) is 0. The number of phenols is 2. The number of hydrogen-bond donors (Lipinski definition) is 2. The second-order valence-electron chi connectivity index (χ2n) is 12.5. The Hall–Kier alpha value is -3.09. The maximum Gasteiger partial charge on any atom is 0.334 e. The zero-order valence-corrected chi connectivity index (χ0v) is 33.2. The van der Waals surface area contributed by atoms with Crippen LogP contribution in [0.3, 0.4) is 0 Å². The lowest BCUT2D eigenvalue weighted by molar-refractivity contribution is -0.145. The first-order valence-corrected chi connectivity index (χ1v) is 19.2. The summed E-state index contributed by atoms with van der Waals surface area (Å²) in [4.78, 5) is 20.9. The minimum absolute atomic E-state index is 0.0466. The lowest BCUT2D eigenvalue weighted by Gasteiger charge is -2.15. The van der Waals surface area contributed by atoms with Crippen LogP contribution in [0.25, 0.3) is 0 Å².